The Morgan fingerprint density at radius 3 is 1.07 bits per heavy atom. The van der Waals surface area contributed by atoms with Crippen LogP contribution in [0.5, 0.6) is 0 Å². The van der Waals surface area contributed by atoms with Crippen molar-refractivity contribution in [3.05, 3.63) is 243 Å². The fourth-order valence-electron chi connectivity index (χ4n) is 9.69. The maximum Gasteiger partial charge on any atom is 0.0708 e. The monoisotopic (exact) mass is 887 g/mol. The average molecular weight is 888 g/mol. The quantitative estimate of drug-likeness (QED) is 0.147. The summed E-state index contributed by atoms with van der Waals surface area (Å²) in [4.78, 5) is 9.45. The van der Waals surface area contributed by atoms with Crippen molar-refractivity contribution >= 4 is 49.8 Å². The Kier molecular flexibility index (Phi) is 11.6. The lowest BCUT2D eigenvalue weighted by Crippen LogP contribution is -1.93. The minimum absolute atomic E-state index is 0.571. The van der Waals surface area contributed by atoms with E-state index in [4.69, 9.17) is 15.4 Å². The minimum Gasteiger partial charge on any atom is -0.309 e. The van der Waals surface area contributed by atoms with E-state index in [1.165, 1.54) is 61.0 Å². The van der Waals surface area contributed by atoms with Crippen LogP contribution in [0.1, 0.15) is 13.8 Å². The summed E-state index contributed by atoms with van der Waals surface area (Å²) in [6.45, 7) is 4.17. The van der Waals surface area contributed by atoms with Crippen molar-refractivity contribution in [2.45, 2.75) is 13.8 Å². The lowest BCUT2D eigenvalue weighted by Gasteiger charge is -2.11. The van der Waals surface area contributed by atoms with Crippen LogP contribution in [0.15, 0.2) is 243 Å². The Morgan fingerprint density at radius 2 is 0.725 bits per heavy atom. The van der Waals surface area contributed by atoms with Gasteiger partial charge in [-0.25, -0.2) is 0 Å². The average Bonchev–Trinajstić information content (AvgIpc) is 3.92. The normalized spacial score (nSPS) is 11.5. The first-order valence-electron chi connectivity index (χ1n) is 23.5. The Bertz CT molecular complexity index is 3570. The third-order valence-corrected chi connectivity index (χ3v) is 12.8. The number of hydrogen-bond donors (Lipinski definition) is 1. The minimum atomic E-state index is 0.571. The van der Waals surface area contributed by atoms with Gasteiger partial charge >= 0.3 is 0 Å². The zero-order valence-corrected chi connectivity index (χ0v) is 38.5. The van der Waals surface area contributed by atoms with E-state index in [1.54, 1.807) is 6.08 Å². The highest BCUT2D eigenvalue weighted by Gasteiger charge is 2.19. The number of nitrogens with one attached hydrogen (secondary N) is 1. The molecule has 69 heavy (non-hydrogen) atoms. The molecule has 0 saturated heterocycles. The summed E-state index contributed by atoms with van der Waals surface area (Å²) in [7, 11) is 0. The number of rotatable bonds is 9. The summed E-state index contributed by atoms with van der Waals surface area (Å²) in [6, 6.07) is 78.5. The lowest BCUT2D eigenvalue weighted by atomic mass is 9.95. The van der Waals surface area contributed by atoms with E-state index in [1.807, 2.05) is 30.6 Å². The summed E-state index contributed by atoms with van der Waals surface area (Å²) >= 11 is 0. The molecule has 8 aromatic carbocycles. The van der Waals surface area contributed by atoms with Gasteiger partial charge in [-0.05, 0) is 142 Å². The molecule has 0 radical (unpaired) electrons. The molecule has 4 aromatic heterocycles. The van der Waals surface area contributed by atoms with Crippen LogP contribution in [0.25, 0.3) is 111 Å². The Hall–Kier alpha value is -8.93. The van der Waals surface area contributed by atoms with Crippen LogP contribution < -0.4 is 0 Å². The second kappa shape index (κ2) is 18.8. The van der Waals surface area contributed by atoms with Crippen LogP contribution in [0.4, 0.5) is 0 Å². The number of nitrogens with zero attached hydrogens (tertiary/aromatic N) is 4. The highest BCUT2D eigenvalue weighted by Crippen LogP contribution is 2.42. The lowest BCUT2D eigenvalue weighted by molar-refractivity contribution is 0.833. The Morgan fingerprint density at radius 1 is 0.377 bits per heavy atom. The maximum atomic E-state index is 6.58. The zero-order chi connectivity index (χ0) is 46.7. The fourth-order valence-corrected chi connectivity index (χ4v) is 9.69. The van der Waals surface area contributed by atoms with Crippen molar-refractivity contribution in [1.82, 2.24) is 19.1 Å². The number of hydrogen-bond acceptors (Lipinski definition) is 3. The van der Waals surface area contributed by atoms with Gasteiger partial charge in [0.15, 0.2) is 0 Å². The smallest absolute Gasteiger partial charge is 0.0708 e. The molecule has 12 rings (SSSR count). The summed E-state index contributed by atoms with van der Waals surface area (Å²) in [5, 5.41) is 11.4. The third kappa shape index (κ3) is 8.21. The van der Waals surface area contributed by atoms with Crippen molar-refractivity contribution in [2.24, 2.45) is 5.92 Å². The van der Waals surface area contributed by atoms with Crippen LogP contribution in [0.3, 0.4) is 0 Å². The molecule has 0 saturated carbocycles. The molecule has 0 atom stereocenters. The van der Waals surface area contributed by atoms with Gasteiger partial charge in [0, 0.05) is 62.7 Å². The Balaban J connectivity index is 0.000000693. The van der Waals surface area contributed by atoms with Crippen LogP contribution in [-0.4, -0.2) is 25.3 Å². The maximum absolute atomic E-state index is 6.58. The topological polar surface area (TPSA) is 59.5 Å². The molecule has 0 aliphatic carbocycles. The van der Waals surface area contributed by atoms with Crippen molar-refractivity contribution in [2.75, 3.05) is 0 Å². The van der Waals surface area contributed by atoms with E-state index in [0.717, 1.165) is 56.1 Å². The molecule has 12 aromatic rings. The van der Waals surface area contributed by atoms with E-state index in [9.17, 15) is 0 Å². The van der Waals surface area contributed by atoms with E-state index in [2.05, 4.69) is 229 Å². The van der Waals surface area contributed by atoms with Gasteiger partial charge in [-0.15, -0.1) is 0 Å². The zero-order valence-electron chi connectivity index (χ0n) is 38.5. The van der Waals surface area contributed by atoms with Gasteiger partial charge in [-0.1, -0.05) is 141 Å². The molecular weight excluding hydrogens is 839 g/mol. The van der Waals surface area contributed by atoms with Crippen LogP contribution in [0.2, 0.25) is 0 Å². The molecule has 0 bridgehead atoms. The first-order chi connectivity index (χ1) is 34.0. The van der Waals surface area contributed by atoms with Crippen molar-refractivity contribution in [3.63, 3.8) is 0 Å². The number of pyridine rings is 2. The first kappa shape index (κ1) is 42.7. The molecule has 5 nitrogen and oxygen atoms in total. The summed E-state index contributed by atoms with van der Waals surface area (Å²) < 4.78 is 4.79. The number of benzene rings is 8. The molecule has 0 aliphatic heterocycles. The van der Waals surface area contributed by atoms with Crippen molar-refractivity contribution in [3.8, 4) is 67.3 Å². The third-order valence-electron chi connectivity index (χ3n) is 12.8. The standard InChI is InChI=1S/C58H38N4.C6H11N/c1-3-15-43(16-4-1)61-55-29-25-39(35-49(55)51-37-41(27-31-57(51)61)45-19-7-9-21-47(45)53-23-11-13-33-59-53)40-26-30-56-50(36-40)52-38-42(28-32-58(52)62(56)44-17-5-2-6-18-44)46-20-8-10-22-48(46)54-24-12-14-34-60-54;1-6(2)4-3-5-7/h1-38H;3-7H,1-2H3/b;4-3-,7-5?. The highest BCUT2D eigenvalue weighted by atomic mass is 15.0. The predicted molar refractivity (Wildman–Crippen MR) is 291 cm³/mol. The summed E-state index contributed by atoms with van der Waals surface area (Å²) in [6.07, 6.45) is 8.74. The summed E-state index contributed by atoms with van der Waals surface area (Å²) in [5.41, 5.74) is 18.1. The van der Waals surface area contributed by atoms with Crippen LogP contribution in [0, 0.1) is 11.3 Å². The predicted octanol–water partition coefficient (Wildman–Crippen LogP) is 16.9. The molecule has 0 spiro atoms. The van der Waals surface area contributed by atoms with Crippen LogP contribution in [-0.2, 0) is 0 Å². The van der Waals surface area contributed by atoms with E-state index in [0.29, 0.717) is 5.92 Å². The molecule has 5 heteroatoms. The molecule has 0 aliphatic rings. The van der Waals surface area contributed by atoms with Gasteiger partial charge in [0.2, 0.25) is 0 Å². The van der Waals surface area contributed by atoms with Gasteiger partial charge in [0.1, 0.15) is 0 Å². The number of para-hydroxylation sites is 2. The van der Waals surface area contributed by atoms with Gasteiger partial charge < -0.3 is 14.5 Å². The number of aromatic nitrogens is 4. The van der Waals surface area contributed by atoms with Gasteiger partial charge in [-0.3, -0.25) is 9.97 Å². The van der Waals surface area contributed by atoms with Crippen LogP contribution >= 0.6 is 0 Å². The molecule has 0 fully saturated rings. The molecule has 0 amide bonds. The molecular formula is C64H49N5. The highest BCUT2D eigenvalue weighted by molar-refractivity contribution is 6.14. The number of allylic oxidation sites excluding steroid dienone is 2. The van der Waals surface area contributed by atoms with E-state index >= 15 is 0 Å². The largest absolute Gasteiger partial charge is 0.309 e. The fraction of sp³-hybridized carbons (Fsp3) is 0.0469. The SMILES string of the molecule is CC(C)/C=C\C=N.c1ccc(-n2c3ccc(-c4ccc5c(c4)c4cc(-c6ccccc6-c6ccccn6)ccc4n5-c4ccccc4)cc3c3cc(-c4ccccc4-c4ccccn4)ccc32)cc1. The van der Waals surface area contributed by atoms with Gasteiger partial charge in [0.05, 0.1) is 33.5 Å². The number of fused-ring (bicyclic) bond motifs is 6. The van der Waals surface area contributed by atoms with Crippen molar-refractivity contribution in [1.29, 1.82) is 5.41 Å². The Labute approximate surface area is 402 Å². The van der Waals surface area contributed by atoms with Gasteiger partial charge in [0.25, 0.3) is 0 Å². The van der Waals surface area contributed by atoms with E-state index in [-0.39, 0.29) is 0 Å². The molecule has 4 heterocycles. The second-order valence-electron chi connectivity index (χ2n) is 17.6. The van der Waals surface area contributed by atoms with Gasteiger partial charge in [-0.2, -0.15) is 0 Å². The molecule has 0 unspecified atom stereocenters. The van der Waals surface area contributed by atoms with E-state index < -0.39 is 0 Å². The summed E-state index contributed by atoms with van der Waals surface area (Å²) in [5.74, 6) is 0.571. The second-order valence-corrected chi connectivity index (χ2v) is 17.6. The molecule has 1 N–H and O–H groups in total. The first-order valence-corrected chi connectivity index (χ1v) is 23.5. The molecule has 330 valence electrons. The van der Waals surface area contributed by atoms with Crippen molar-refractivity contribution < 1.29 is 0 Å².